The zero-order valence-corrected chi connectivity index (χ0v) is 12.5. The van der Waals surface area contributed by atoms with Crippen molar-refractivity contribution in [2.45, 2.75) is 6.54 Å². The Balaban J connectivity index is 2.01. The molecule has 0 unspecified atom stereocenters. The van der Waals surface area contributed by atoms with E-state index in [1.54, 1.807) is 22.2 Å². The van der Waals surface area contributed by atoms with E-state index in [2.05, 4.69) is 0 Å². The number of fused-ring (bicyclic) bond motifs is 1. The molecule has 3 nitrogen and oxygen atoms in total. The fourth-order valence-corrected chi connectivity index (χ4v) is 3.25. The lowest BCUT2D eigenvalue weighted by Crippen LogP contribution is -2.15. The van der Waals surface area contributed by atoms with Crippen LogP contribution in [0.5, 0.6) is 0 Å². The third kappa shape index (κ3) is 2.59. The summed E-state index contributed by atoms with van der Waals surface area (Å²) in [7, 11) is 0. The maximum atomic E-state index is 14.1. The van der Waals surface area contributed by atoms with Gasteiger partial charge in [-0.1, -0.05) is 48.0 Å². The second kappa shape index (κ2) is 5.38. The van der Waals surface area contributed by atoms with Crippen LogP contribution in [-0.2, 0) is 6.54 Å². The van der Waals surface area contributed by atoms with Crippen LogP contribution in [0.2, 0.25) is 0 Å². The highest BCUT2D eigenvalue weighted by molar-refractivity contribution is 7.80. The summed E-state index contributed by atoms with van der Waals surface area (Å²) >= 11 is 6.14. The molecule has 0 aliphatic rings. The van der Waals surface area contributed by atoms with Gasteiger partial charge in [0.2, 0.25) is 0 Å². The van der Waals surface area contributed by atoms with Gasteiger partial charge >= 0.3 is 0 Å². The van der Waals surface area contributed by atoms with Crippen LogP contribution in [0.4, 0.5) is 4.39 Å². The maximum absolute atomic E-state index is 14.1. The Morgan fingerprint density at radius 1 is 1.29 bits per heavy atom. The Kier molecular flexibility index (Phi) is 3.57. The summed E-state index contributed by atoms with van der Waals surface area (Å²) in [4.78, 5) is 12.4. The van der Waals surface area contributed by atoms with Crippen molar-refractivity contribution in [3.8, 4) is 0 Å². The molecule has 6 heteroatoms. The summed E-state index contributed by atoms with van der Waals surface area (Å²) in [5.41, 5.74) is 6.28. The summed E-state index contributed by atoms with van der Waals surface area (Å²) in [6.45, 7) is 0.196. The number of benzene rings is 2. The van der Waals surface area contributed by atoms with Gasteiger partial charge in [-0.2, -0.15) is 0 Å². The molecule has 0 spiro atoms. The molecular formula is C15H11FN2OS2. The Hall–Kier alpha value is -2.05. The van der Waals surface area contributed by atoms with Crippen molar-refractivity contribution in [1.29, 1.82) is 0 Å². The number of rotatable bonds is 3. The summed E-state index contributed by atoms with van der Waals surface area (Å²) in [5.74, 6) is -0.412. The number of aromatic nitrogens is 1. The van der Waals surface area contributed by atoms with Crippen LogP contribution < -0.4 is 11.3 Å². The number of nitrogens with two attached hydrogens (primary N) is 1. The van der Waals surface area contributed by atoms with Crippen molar-refractivity contribution in [3.63, 3.8) is 0 Å². The third-order valence-corrected chi connectivity index (χ3v) is 4.51. The summed E-state index contributed by atoms with van der Waals surface area (Å²) < 4.78 is 16.5. The molecule has 0 amide bonds. The third-order valence-electron chi connectivity index (χ3n) is 3.20. The van der Waals surface area contributed by atoms with Gasteiger partial charge in [-0.25, -0.2) is 4.39 Å². The van der Waals surface area contributed by atoms with Crippen molar-refractivity contribution in [3.05, 3.63) is 69.8 Å². The lowest BCUT2D eigenvalue weighted by atomic mass is 10.1. The fourth-order valence-electron chi connectivity index (χ4n) is 2.11. The van der Waals surface area contributed by atoms with E-state index in [4.69, 9.17) is 18.0 Å². The summed E-state index contributed by atoms with van der Waals surface area (Å²) in [6, 6.07) is 11.9. The molecular weight excluding hydrogens is 307 g/mol. The molecule has 0 aliphatic carbocycles. The molecule has 1 aromatic heterocycles. The van der Waals surface area contributed by atoms with E-state index in [1.807, 2.05) is 18.2 Å². The number of nitrogens with zero attached hydrogens (tertiary/aromatic N) is 1. The average molecular weight is 318 g/mol. The lowest BCUT2D eigenvalue weighted by molar-refractivity contribution is 0.603. The normalized spacial score (nSPS) is 10.9. The van der Waals surface area contributed by atoms with Crippen LogP contribution in [-0.4, -0.2) is 8.95 Å². The average Bonchev–Trinajstić information content (AvgIpc) is 2.78. The van der Waals surface area contributed by atoms with Crippen LogP contribution in [0, 0.1) is 5.82 Å². The van der Waals surface area contributed by atoms with E-state index in [9.17, 15) is 9.18 Å². The molecule has 0 fully saturated rings. The molecule has 0 saturated heterocycles. The topological polar surface area (TPSA) is 48.0 Å². The minimum Gasteiger partial charge on any atom is -0.389 e. The molecule has 0 radical (unpaired) electrons. The van der Waals surface area contributed by atoms with Crippen molar-refractivity contribution >= 4 is 38.8 Å². The van der Waals surface area contributed by atoms with Gasteiger partial charge in [-0.05, 0) is 18.2 Å². The first-order chi connectivity index (χ1) is 10.1. The Labute approximate surface area is 129 Å². The first kappa shape index (κ1) is 13.9. The molecule has 3 rings (SSSR count). The molecule has 106 valence electrons. The first-order valence-corrected chi connectivity index (χ1v) is 7.41. The standard InChI is InChI=1S/C15H11FN2OS2/c16-12-7-9(14(17)20)5-6-10(12)8-18-15(19)11-3-1-2-4-13(11)21-18/h1-7H,8H2,(H2,17,20). The number of halogens is 1. The molecule has 1 heterocycles. The summed E-state index contributed by atoms with van der Waals surface area (Å²) in [5, 5.41) is 0.655. The second-order valence-electron chi connectivity index (χ2n) is 4.60. The molecule has 2 aromatic carbocycles. The number of thiocarbonyl (C=S) groups is 1. The Morgan fingerprint density at radius 3 is 2.71 bits per heavy atom. The summed E-state index contributed by atoms with van der Waals surface area (Å²) in [6.07, 6.45) is 0. The van der Waals surface area contributed by atoms with Crippen LogP contribution in [0.25, 0.3) is 10.1 Å². The fraction of sp³-hybridized carbons (Fsp3) is 0.0667. The van der Waals surface area contributed by atoms with Gasteiger partial charge in [0.25, 0.3) is 5.56 Å². The highest BCUT2D eigenvalue weighted by atomic mass is 32.1. The monoisotopic (exact) mass is 318 g/mol. The van der Waals surface area contributed by atoms with E-state index in [0.717, 1.165) is 4.70 Å². The minimum absolute atomic E-state index is 0.103. The zero-order valence-electron chi connectivity index (χ0n) is 10.9. The van der Waals surface area contributed by atoms with Crippen LogP contribution in [0.3, 0.4) is 0 Å². The SMILES string of the molecule is NC(=S)c1ccc(Cn2sc3ccccc3c2=O)c(F)c1. The van der Waals surface area contributed by atoms with Gasteiger partial charge in [0, 0.05) is 11.1 Å². The first-order valence-electron chi connectivity index (χ1n) is 6.23. The highest BCUT2D eigenvalue weighted by Gasteiger charge is 2.10. The smallest absolute Gasteiger partial charge is 0.268 e. The molecule has 21 heavy (non-hydrogen) atoms. The van der Waals surface area contributed by atoms with Gasteiger partial charge in [0.15, 0.2) is 0 Å². The molecule has 3 aromatic rings. The Bertz CT molecular complexity index is 898. The second-order valence-corrected chi connectivity index (χ2v) is 6.10. The van der Waals surface area contributed by atoms with Gasteiger partial charge in [-0.3, -0.25) is 8.75 Å². The van der Waals surface area contributed by atoms with E-state index in [0.29, 0.717) is 16.5 Å². The molecule has 0 aliphatic heterocycles. The number of hydrogen-bond donors (Lipinski definition) is 1. The maximum Gasteiger partial charge on any atom is 0.268 e. The van der Waals surface area contributed by atoms with Crippen LogP contribution in [0.15, 0.2) is 47.3 Å². The number of hydrogen-bond acceptors (Lipinski definition) is 3. The van der Waals surface area contributed by atoms with Gasteiger partial charge in [-0.15, -0.1) is 0 Å². The molecule has 0 atom stereocenters. The predicted octanol–water partition coefficient (Wildman–Crippen LogP) is 2.88. The molecule has 0 saturated carbocycles. The van der Waals surface area contributed by atoms with Gasteiger partial charge in [0.1, 0.15) is 10.8 Å². The van der Waals surface area contributed by atoms with Crippen LogP contribution in [0.1, 0.15) is 11.1 Å². The van der Waals surface area contributed by atoms with Crippen molar-refractivity contribution in [2.75, 3.05) is 0 Å². The predicted molar refractivity (Wildman–Crippen MR) is 87.5 cm³/mol. The van der Waals surface area contributed by atoms with Gasteiger partial charge in [0.05, 0.1) is 16.6 Å². The van der Waals surface area contributed by atoms with Crippen molar-refractivity contribution in [1.82, 2.24) is 3.96 Å². The van der Waals surface area contributed by atoms with Crippen molar-refractivity contribution in [2.24, 2.45) is 5.73 Å². The Morgan fingerprint density at radius 2 is 2.05 bits per heavy atom. The lowest BCUT2D eigenvalue weighted by Gasteiger charge is -2.05. The van der Waals surface area contributed by atoms with E-state index in [-0.39, 0.29) is 17.1 Å². The van der Waals surface area contributed by atoms with Crippen molar-refractivity contribution < 1.29 is 4.39 Å². The molecule has 0 bridgehead atoms. The minimum atomic E-state index is -0.412. The van der Waals surface area contributed by atoms with E-state index >= 15 is 0 Å². The largest absolute Gasteiger partial charge is 0.389 e. The van der Waals surface area contributed by atoms with E-state index < -0.39 is 5.82 Å². The quantitative estimate of drug-likeness (QED) is 0.756. The van der Waals surface area contributed by atoms with Crippen LogP contribution >= 0.6 is 23.8 Å². The molecule has 2 N–H and O–H groups in total. The van der Waals surface area contributed by atoms with Gasteiger partial charge < -0.3 is 5.73 Å². The highest BCUT2D eigenvalue weighted by Crippen LogP contribution is 2.18. The van der Waals surface area contributed by atoms with E-state index in [1.165, 1.54) is 17.6 Å². The zero-order chi connectivity index (χ0) is 15.0.